The Hall–Kier alpha value is -4.45. The van der Waals surface area contributed by atoms with Gasteiger partial charge in [-0.1, -0.05) is 30.6 Å². The fraction of sp³-hybridized carbons (Fsp3) is 0.125. The van der Waals surface area contributed by atoms with Crippen LogP contribution in [0.15, 0.2) is 49.3 Å². The summed E-state index contributed by atoms with van der Waals surface area (Å²) < 4.78 is 38.7. The minimum Gasteiger partial charge on any atom is -0.493 e. The monoisotopic (exact) mass is 450 g/mol. The predicted octanol–water partition coefficient (Wildman–Crippen LogP) is 4.35. The number of amides is 1. The Morgan fingerprint density at radius 2 is 1.73 bits per heavy atom. The van der Waals surface area contributed by atoms with E-state index in [1.165, 1.54) is 32.7 Å². The zero-order chi connectivity index (χ0) is 24.0. The molecule has 2 aromatic carbocycles. The van der Waals surface area contributed by atoms with Crippen molar-refractivity contribution in [2.75, 3.05) is 24.9 Å². The zero-order valence-corrected chi connectivity index (χ0v) is 18.1. The average Bonchev–Trinajstić information content (AvgIpc) is 2.82. The van der Waals surface area contributed by atoms with Crippen LogP contribution in [-0.4, -0.2) is 30.1 Å². The van der Waals surface area contributed by atoms with E-state index in [9.17, 15) is 13.6 Å². The molecular weight excluding hydrogens is 430 g/mol. The molecule has 3 rings (SSSR count). The Morgan fingerprint density at radius 1 is 1.09 bits per heavy atom. The van der Waals surface area contributed by atoms with Gasteiger partial charge in [-0.15, -0.1) is 0 Å². The maximum Gasteiger partial charge on any atom is 0.247 e. The number of methoxy groups -OCH3 is 2. The second kappa shape index (κ2) is 10.2. The molecule has 9 heteroatoms. The molecule has 0 aliphatic rings. The van der Waals surface area contributed by atoms with Crippen molar-refractivity contribution >= 4 is 23.2 Å². The highest BCUT2D eigenvalue weighted by Gasteiger charge is 2.18. The number of carbonyl (C=O) groups is 1. The van der Waals surface area contributed by atoms with Crippen molar-refractivity contribution < 1.29 is 23.0 Å². The second-order valence-corrected chi connectivity index (χ2v) is 6.65. The van der Waals surface area contributed by atoms with Crippen LogP contribution in [0.25, 0.3) is 0 Å². The molecule has 0 fully saturated rings. The number of rotatable bonds is 6. The molecule has 0 radical (unpaired) electrons. The van der Waals surface area contributed by atoms with E-state index in [0.717, 1.165) is 11.6 Å². The minimum absolute atomic E-state index is 0.189. The summed E-state index contributed by atoms with van der Waals surface area (Å²) in [7, 11) is 2.52. The summed E-state index contributed by atoms with van der Waals surface area (Å²) in [5.41, 5.74) is 1.83. The van der Waals surface area contributed by atoms with Crippen LogP contribution >= 0.6 is 0 Å². The van der Waals surface area contributed by atoms with Gasteiger partial charge in [-0.2, -0.15) is 0 Å². The molecule has 168 valence electrons. The third-order valence-corrected chi connectivity index (χ3v) is 4.51. The Balaban J connectivity index is 1.87. The molecule has 0 saturated carbocycles. The topological polar surface area (TPSA) is 85.4 Å². The molecular formula is C24H20F2N4O3. The third kappa shape index (κ3) is 5.25. The number of ether oxygens (including phenoxy) is 2. The van der Waals surface area contributed by atoms with Gasteiger partial charge >= 0.3 is 0 Å². The molecule has 1 aromatic heterocycles. The summed E-state index contributed by atoms with van der Waals surface area (Å²) in [5, 5.41) is 5.76. The normalized spacial score (nSPS) is 9.97. The van der Waals surface area contributed by atoms with Crippen LogP contribution in [0.3, 0.4) is 0 Å². The number of para-hydroxylation sites is 1. The fourth-order valence-corrected chi connectivity index (χ4v) is 2.82. The lowest BCUT2D eigenvalue weighted by Crippen LogP contribution is -2.10. The van der Waals surface area contributed by atoms with E-state index in [0.29, 0.717) is 16.9 Å². The molecule has 0 unspecified atom stereocenters. The van der Waals surface area contributed by atoms with Gasteiger partial charge in [0.15, 0.2) is 23.1 Å². The van der Waals surface area contributed by atoms with E-state index in [-0.39, 0.29) is 23.4 Å². The Morgan fingerprint density at radius 3 is 2.30 bits per heavy atom. The maximum atomic E-state index is 14.5. The first kappa shape index (κ1) is 23.2. The van der Waals surface area contributed by atoms with Crippen molar-refractivity contribution in [2.24, 2.45) is 0 Å². The van der Waals surface area contributed by atoms with Crippen molar-refractivity contribution in [1.82, 2.24) is 9.97 Å². The van der Waals surface area contributed by atoms with Crippen molar-refractivity contribution in [2.45, 2.75) is 6.92 Å². The first-order valence-electron chi connectivity index (χ1n) is 9.62. The molecule has 3 aromatic rings. The number of halogens is 2. The van der Waals surface area contributed by atoms with Crippen molar-refractivity contribution in [3.05, 3.63) is 77.6 Å². The number of nitrogens with zero attached hydrogens (tertiary/aromatic N) is 2. The summed E-state index contributed by atoms with van der Waals surface area (Å²) in [6, 6.07) is 6.49. The highest BCUT2D eigenvalue weighted by molar-refractivity contribution is 6.01. The number of nitrogens with one attached hydrogen (secondary N) is 2. The molecule has 0 aliphatic heterocycles. The largest absolute Gasteiger partial charge is 0.493 e. The number of hydrogen-bond donors (Lipinski definition) is 2. The van der Waals surface area contributed by atoms with E-state index in [1.807, 2.05) is 13.0 Å². The summed E-state index contributed by atoms with van der Waals surface area (Å²) in [6.07, 6.45) is 3.96. The number of hydrogen-bond acceptors (Lipinski definition) is 6. The summed E-state index contributed by atoms with van der Waals surface area (Å²) in [5.74, 6) is 2.71. The standard InChI is InChI=1S/C24H20F2N4O3/c1-5-20(31)29-17-8-6-7-14(2)23(17)30-24-27-12-15(13-28-24)9-10-16-21(25)18(32-3)11-19(33-4)22(16)26/h5-8,11-13H,1H2,2-4H3,(H,29,31)(H,27,28,30). The van der Waals surface area contributed by atoms with Crippen LogP contribution < -0.4 is 20.1 Å². The van der Waals surface area contributed by atoms with E-state index >= 15 is 0 Å². The van der Waals surface area contributed by atoms with Gasteiger partial charge in [-0.25, -0.2) is 18.7 Å². The zero-order valence-electron chi connectivity index (χ0n) is 18.1. The third-order valence-electron chi connectivity index (χ3n) is 4.51. The van der Waals surface area contributed by atoms with Gasteiger partial charge in [0.25, 0.3) is 0 Å². The Kier molecular flexibility index (Phi) is 7.20. The van der Waals surface area contributed by atoms with Crippen LogP contribution in [0.4, 0.5) is 26.1 Å². The van der Waals surface area contributed by atoms with Gasteiger partial charge in [-0.05, 0) is 24.6 Å². The number of carbonyl (C=O) groups excluding carboxylic acids is 1. The minimum atomic E-state index is -0.934. The molecule has 0 saturated heterocycles. The number of anilines is 3. The lowest BCUT2D eigenvalue weighted by molar-refractivity contribution is -0.111. The van der Waals surface area contributed by atoms with Gasteiger partial charge < -0.3 is 20.1 Å². The number of benzene rings is 2. The molecule has 1 amide bonds. The summed E-state index contributed by atoms with van der Waals surface area (Å²) in [4.78, 5) is 20.1. The van der Waals surface area contributed by atoms with E-state index in [4.69, 9.17) is 9.47 Å². The molecule has 33 heavy (non-hydrogen) atoms. The van der Waals surface area contributed by atoms with Crippen molar-refractivity contribution in [3.63, 3.8) is 0 Å². The molecule has 7 nitrogen and oxygen atoms in total. The lowest BCUT2D eigenvalue weighted by atomic mass is 10.1. The molecule has 0 bridgehead atoms. The van der Waals surface area contributed by atoms with Gasteiger partial charge in [0, 0.05) is 18.5 Å². The van der Waals surface area contributed by atoms with E-state index in [1.54, 1.807) is 12.1 Å². The molecule has 0 spiro atoms. The molecule has 2 N–H and O–H groups in total. The van der Waals surface area contributed by atoms with Gasteiger partial charge in [0.05, 0.1) is 31.2 Å². The van der Waals surface area contributed by atoms with Crippen molar-refractivity contribution in [1.29, 1.82) is 0 Å². The van der Waals surface area contributed by atoms with Crippen molar-refractivity contribution in [3.8, 4) is 23.3 Å². The lowest BCUT2D eigenvalue weighted by Gasteiger charge is -2.14. The Bertz CT molecular complexity index is 1240. The number of aryl methyl sites for hydroxylation is 1. The van der Waals surface area contributed by atoms with Crippen LogP contribution in [0.2, 0.25) is 0 Å². The van der Waals surface area contributed by atoms with E-state index in [2.05, 4.69) is 39.0 Å². The highest BCUT2D eigenvalue weighted by atomic mass is 19.1. The summed E-state index contributed by atoms with van der Waals surface area (Å²) in [6.45, 7) is 5.30. The predicted molar refractivity (Wildman–Crippen MR) is 121 cm³/mol. The smallest absolute Gasteiger partial charge is 0.247 e. The first-order valence-corrected chi connectivity index (χ1v) is 9.62. The fourth-order valence-electron chi connectivity index (χ4n) is 2.82. The number of aromatic nitrogens is 2. The highest BCUT2D eigenvalue weighted by Crippen LogP contribution is 2.31. The van der Waals surface area contributed by atoms with Gasteiger partial charge in [0.1, 0.15) is 5.56 Å². The van der Waals surface area contributed by atoms with Crippen LogP contribution in [0.5, 0.6) is 11.5 Å². The molecule has 0 atom stereocenters. The van der Waals surface area contributed by atoms with Gasteiger partial charge in [0.2, 0.25) is 11.9 Å². The summed E-state index contributed by atoms with van der Waals surface area (Å²) >= 11 is 0. The van der Waals surface area contributed by atoms with Crippen LogP contribution in [-0.2, 0) is 4.79 Å². The van der Waals surface area contributed by atoms with Crippen LogP contribution in [0, 0.1) is 30.4 Å². The first-order chi connectivity index (χ1) is 15.9. The van der Waals surface area contributed by atoms with Crippen LogP contribution in [0.1, 0.15) is 16.7 Å². The molecule has 1 heterocycles. The quantitative estimate of drug-likeness (QED) is 0.429. The van der Waals surface area contributed by atoms with Gasteiger partial charge in [-0.3, -0.25) is 4.79 Å². The SMILES string of the molecule is C=CC(=O)Nc1cccc(C)c1Nc1ncc(C#Cc2c(F)c(OC)cc(OC)c2F)cn1. The molecule has 0 aliphatic carbocycles. The second-order valence-electron chi connectivity index (χ2n) is 6.65. The average molecular weight is 450 g/mol. The maximum absolute atomic E-state index is 14.5. The van der Waals surface area contributed by atoms with E-state index < -0.39 is 17.2 Å². The Labute approximate surface area is 189 Å².